The van der Waals surface area contributed by atoms with Crippen LogP contribution < -0.4 is 9.62 Å². The van der Waals surface area contributed by atoms with Gasteiger partial charge in [0.15, 0.2) is 6.61 Å². The smallest absolute Gasteiger partial charge is 0.338 e. The largest absolute Gasteiger partial charge is 0.452 e. The lowest BCUT2D eigenvalue weighted by Crippen LogP contribution is -2.42. The van der Waals surface area contributed by atoms with Gasteiger partial charge >= 0.3 is 5.97 Å². The minimum Gasteiger partial charge on any atom is -0.452 e. The van der Waals surface area contributed by atoms with Crippen molar-refractivity contribution >= 4 is 27.6 Å². The molecule has 0 saturated heterocycles. The Labute approximate surface area is 171 Å². The van der Waals surface area contributed by atoms with Crippen LogP contribution >= 0.6 is 0 Å². The highest BCUT2D eigenvalue weighted by Gasteiger charge is 2.25. The molecule has 0 unspecified atom stereocenters. The van der Waals surface area contributed by atoms with Crippen molar-refractivity contribution in [2.45, 2.75) is 38.1 Å². The van der Waals surface area contributed by atoms with Crippen LogP contribution in [0, 0.1) is 0 Å². The lowest BCUT2D eigenvalue weighted by atomic mass is 10.1. The molecule has 8 heteroatoms. The molecule has 0 saturated carbocycles. The number of anilines is 1. The summed E-state index contributed by atoms with van der Waals surface area (Å²) in [5.41, 5.74) is 0.138. The average Bonchev–Trinajstić information content (AvgIpc) is 2.66. The van der Waals surface area contributed by atoms with Gasteiger partial charge in [-0.15, -0.1) is 0 Å². The molecule has 0 aliphatic heterocycles. The zero-order valence-electron chi connectivity index (χ0n) is 17.0. The van der Waals surface area contributed by atoms with Crippen LogP contribution in [0.2, 0.25) is 0 Å². The van der Waals surface area contributed by atoms with Crippen molar-refractivity contribution in [1.82, 2.24) is 5.32 Å². The van der Waals surface area contributed by atoms with E-state index in [1.54, 1.807) is 37.3 Å². The Balaban J connectivity index is 2.19. The van der Waals surface area contributed by atoms with Gasteiger partial charge in [0.05, 0.1) is 16.1 Å². The van der Waals surface area contributed by atoms with E-state index in [2.05, 4.69) is 5.32 Å². The fourth-order valence-corrected chi connectivity index (χ4v) is 4.19. The summed E-state index contributed by atoms with van der Waals surface area (Å²) < 4.78 is 32.4. The van der Waals surface area contributed by atoms with Crippen LogP contribution in [-0.4, -0.2) is 39.0 Å². The van der Waals surface area contributed by atoms with Crippen molar-refractivity contribution in [3.8, 4) is 0 Å². The Bertz CT molecular complexity index is 966. The second kappa shape index (κ2) is 9.09. The van der Waals surface area contributed by atoms with Crippen molar-refractivity contribution in [3.63, 3.8) is 0 Å². The fraction of sp³-hybridized carbons (Fsp3) is 0.333. The summed E-state index contributed by atoms with van der Waals surface area (Å²) in [4.78, 5) is 24.1. The van der Waals surface area contributed by atoms with Crippen molar-refractivity contribution in [3.05, 3.63) is 60.2 Å². The van der Waals surface area contributed by atoms with Gasteiger partial charge in [-0.3, -0.25) is 9.10 Å². The molecule has 0 aliphatic carbocycles. The van der Waals surface area contributed by atoms with Crippen LogP contribution in [0.25, 0.3) is 0 Å². The lowest BCUT2D eigenvalue weighted by molar-refractivity contribution is -0.125. The van der Waals surface area contributed by atoms with Gasteiger partial charge in [0.2, 0.25) is 0 Å². The van der Waals surface area contributed by atoms with E-state index in [4.69, 9.17) is 4.74 Å². The molecule has 0 spiro atoms. The third-order valence-corrected chi connectivity index (χ3v) is 5.74. The van der Waals surface area contributed by atoms with Crippen molar-refractivity contribution < 1.29 is 22.7 Å². The monoisotopic (exact) mass is 418 g/mol. The highest BCUT2D eigenvalue weighted by atomic mass is 32.2. The summed E-state index contributed by atoms with van der Waals surface area (Å²) in [5, 5.41) is 2.68. The number of nitrogens with zero attached hydrogens (tertiary/aromatic N) is 1. The third-order valence-electron chi connectivity index (χ3n) is 3.84. The molecule has 0 radical (unpaired) electrons. The van der Waals surface area contributed by atoms with Crippen LogP contribution in [0.1, 0.15) is 38.1 Å². The summed E-state index contributed by atoms with van der Waals surface area (Å²) in [6.07, 6.45) is 0. The number of ether oxygens (including phenoxy) is 1. The van der Waals surface area contributed by atoms with Gasteiger partial charge in [-0.05, 0) is 58.0 Å². The zero-order valence-corrected chi connectivity index (χ0v) is 17.8. The van der Waals surface area contributed by atoms with Crippen molar-refractivity contribution in [1.29, 1.82) is 0 Å². The van der Waals surface area contributed by atoms with Gasteiger partial charge < -0.3 is 10.1 Å². The second-order valence-electron chi connectivity index (χ2n) is 7.41. The molecule has 2 aromatic rings. The van der Waals surface area contributed by atoms with E-state index in [1.165, 1.54) is 28.6 Å². The zero-order chi connectivity index (χ0) is 21.7. The highest BCUT2D eigenvalue weighted by molar-refractivity contribution is 7.92. The van der Waals surface area contributed by atoms with Crippen molar-refractivity contribution in [2.75, 3.05) is 17.5 Å². The molecular weight excluding hydrogens is 392 g/mol. The molecule has 0 fully saturated rings. The molecule has 1 N–H and O–H groups in total. The van der Waals surface area contributed by atoms with Crippen LogP contribution in [-0.2, 0) is 19.6 Å². The number of sulfonamides is 1. The molecule has 0 atom stereocenters. The molecule has 1 amide bonds. The Morgan fingerprint density at radius 3 is 2.28 bits per heavy atom. The van der Waals surface area contributed by atoms with Crippen LogP contribution in [0.4, 0.5) is 5.69 Å². The number of carbonyl (C=O) groups excluding carboxylic acids is 2. The molecule has 0 bridgehead atoms. The molecular formula is C21H26N2O5S. The number of para-hydroxylation sites is 1. The molecule has 2 aromatic carbocycles. The summed E-state index contributed by atoms with van der Waals surface area (Å²) in [6, 6.07) is 14.3. The minimum atomic E-state index is -3.87. The van der Waals surface area contributed by atoms with E-state index in [9.17, 15) is 18.0 Å². The topological polar surface area (TPSA) is 92.8 Å². The van der Waals surface area contributed by atoms with E-state index in [0.29, 0.717) is 5.69 Å². The van der Waals surface area contributed by atoms with Gasteiger partial charge in [0.1, 0.15) is 0 Å². The number of hydrogen-bond donors (Lipinski definition) is 1. The minimum absolute atomic E-state index is 0.0307. The van der Waals surface area contributed by atoms with E-state index in [1.807, 2.05) is 20.8 Å². The molecule has 0 aliphatic rings. The van der Waals surface area contributed by atoms with Crippen LogP contribution in [0.15, 0.2) is 59.5 Å². The summed E-state index contributed by atoms with van der Waals surface area (Å²) >= 11 is 0. The molecule has 7 nitrogen and oxygen atoms in total. The number of nitrogens with one attached hydrogen (secondary N) is 1. The van der Waals surface area contributed by atoms with Gasteiger partial charge in [-0.1, -0.05) is 24.3 Å². The maximum atomic E-state index is 13.1. The molecule has 156 valence electrons. The summed E-state index contributed by atoms with van der Waals surface area (Å²) in [5.74, 6) is -1.20. The van der Waals surface area contributed by atoms with Gasteiger partial charge in [0.25, 0.3) is 15.9 Å². The van der Waals surface area contributed by atoms with Crippen LogP contribution in [0.5, 0.6) is 0 Å². The Hall–Kier alpha value is -2.87. The van der Waals surface area contributed by atoms with Gasteiger partial charge in [-0.2, -0.15) is 0 Å². The number of benzene rings is 2. The number of hydrogen-bond acceptors (Lipinski definition) is 5. The first-order valence-electron chi connectivity index (χ1n) is 9.20. The number of carbonyl (C=O) groups is 2. The van der Waals surface area contributed by atoms with E-state index in [0.717, 1.165) is 0 Å². The number of esters is 1. The predicted molar refractivity (Wildman–Crippen MR) is 111 cm³/mol. The number of amides is 1. The van der Waals surface area contributed by atoms with Crippen LogP contribution in [0.3, 0.4) is 0 Å². The Morgan fingerprint density at radius 2 is 1.69 bits per heavy atom. The SMILES string of the molecule is CCN(c1ccccc1)S(=O)(=O)c1cccc(C(=O)OCC(=O)NC(C)(C)C)c1. The summed E-state index contributed by atoms with van der Waals surface area (Å²) in [7, 11) is -3.87. The maximum absolute atomic E-state index is 13.1. The normalized spacial score (nSPS) is 11.6. The van der Waals surface area contributed by atoms with E-state index in [-0.39, 0.29) is 17.0 Å². The molecule has 0 heterocycles. The maximum Gasteiger partial charge on any atom is 0.338 e. The van der Waals surface area contributed by atoms with E-state index >= 15 is 0 Å². The van der Waals surface area contributed by atoms with Gasteiger partial charge in [-0.25, -0.2) is 13.2 Å². The first kappa shape index (κ1) is 22.4. The predicted octanol–water partition coefficient (Wildman–Crippen LogP) is 2.97. The second-order valence-corrected chi connectivity index (χ2v) is 9.27. The van der Waals surface area contributed by atoms with E-state index < -0.39 is 34.0 Å². The molecule has 29 heavy (non-hydrogen) atoms. The van der Waals surface area contributed by atoms with Crippen molar-refractivity contribution in [2.24, 2.45) is 0 Å². The Kier molecular flexibility index (Phi) is 7.02. The first-order valence-corrected chi connectivity index (χ1v) is 10.6. The highest BCUT2D eigenvalue weighted by Crippen LogP contribution is 2.24. The molecule has 0 aromatic heterocycles. The average molecular weight is 419 g/mol. The quantitative estimate of drug-likeness (QED) is 0.698. The first-order chi connectivity index (χ1) is 13.5. The van der Waals surface area contributed by atoms with Gasteiger partial charge in [0, 0.05) is 12.1 Å². The number of rotatable bonds is 7. The Morgan fingerprint density at radius 1 is 1.03 bits per heavy atom. The third kappa shape index (κ3) is 6.05. The standard InChI is InChI=1S/C21H26N2O5S/c1-5-23(17-11-7-6-8-12-17)29(26,27)18-13-9-10-16(14-18)20(25)28-15-19(24)22-21(2,3)4/h6-14H,5,15H2,1-4H3,(H,22,24). The fourth-order valence-electron chi connectivity index (χ4n) is 2.67. The molecule has 2 rings (SSSR count). The lowest BCUT2D eigenvalue weighted by Gasteiger charge is -2.23. The summed E-state index contributed by atoms with van der Waals surface area (Å²) in [6.45, 7) is 6.95.